The summed E-state index contributed by atoms with van der Waals surface area (Å²) in [6.07, 6.45) is -0.0414. The van der Waals surface area contributed by atoms with Crippen molar-refractivity contribution in [1.29, 1.82) is 0 Å². The van der Waals surface area contributed by atoms with Crippen LogP contribution in [0.2, 0.25) is 0 Å². The van der Waals surface area contributed by atoms with Crippen LogP contribution in [0.15, 0.2) is 0 Å². The predicted molar refractivity (Wildman–Crippen MR) is 90.6 cm³/mol. The molecular formula is C16H29N3O6. The molecule has 0 aliphatic heterocycles. The van der Waals surface area contributed by atoms with Gasteiger partial charge in [-0.15, -0.1) is 0 Å². The molecule has 9 heteroatoms. The SMILES string of the molecule is CC(C)CC(N)C(=O)NC(CC(C)C)C(=O)NC(CC(=O)O)C(=O)O. The molecule has 0 fully saturated rings. The molecule has 0 aliphatic rings. The van der Waals surface area contributed by atoms with Gasteiger partial charge in [0.05, 0.1) is 12.5 Å². The Balaban J connectivity index is 5.05. The Hall–Kier alpha value is -2.16. The van der Waals surface area contributed by atoms with Gasteiger partial charge in [-0.1, -0.05) is 27.7 Å². The predicted octanol–water partition coefficient (Wildman–Crippen LogP) is -0.0652. The molecule has 25 heavy (non-hydrogen) atoms. The number of carbonyl (C=O) groups is 4. The minimum Gasteiger partial charge on any atom is -0.481 e. The third-order valence-corrected chi connectivity index (χ3v) is 3.40. The van der Waals surface area contributed by atoms with Gasteiger partial charge < -0.3 is 26.6 Å². The normalized spacial score (nSPS) is 14.7. The molecule has 3 atom stereocenters. The molecule has 2 amide bonds. The van der Waals surface area contributed by atoms with Crippen molar-refractivity contribution in [2.45, 2.75) is 65.1 Å². The van der Waals surface area contributed by atoms with Crippen LogP contribution in [0, 0.1) is 11.8 Å². The molecule has 0 aromatic carbocycles. The fraction of sp³-hybridized carbons (Fsp3) is 0.750. The molecule has 0 saturated heterocycles. The quantitative estimate of drug-likeness (QED) is 0.345. The molecule has 0 aliphatic carbocycles. The number of amides is 2. The van der Waals surface area contributed by atoms with Gasteiger partial charge in [0.2, 0.25) is 11.8 Å². The average Bonchev–Trinajstić information content (AvgIpc) is 2.43. The second kappa shape index (κ2) is 10.7. The van der Waals surface area contributed by atoms with Crippen molar-refractivity contribution in [3.05, 3.63) is 0 Å². The summed E-state index contributed by atoms with van der Waals surface area (Å²) in [5.41, 5.74) is 5.80. The zero-order valence-electron chi connectivity index (χ0n) is 15.1. The molecule has 3 unspecified atom stereocenters. The molecular weight excluding hydrogens is 330 g/mol. The summed E-state index contributed by atoms with van der Waals surface area (Å²) in [5, 5.41) is 22.4. The van der Waals surface area contributed by atoms with Crippen LogP contribution < -0.4 is 16.4 Å². The lowest BCUT2D eigenvalue weighted by atomic mass is 10.00. The van der Waals surface area contributed by atoms with Crippen molar-refractivity contribution in [2.24, 2.45) is 17.6 Å². The third kappa shape index (κ3) is 9.65. The number of carboxylic acid groups (broad SMARTS) is 2. The number of rotatable bonds is 11. The van der Waals surface area contributed by atoms with Gasteiger partial charge in [-0.2, -0.15) is 0 Å². The monoisotopic (exact) mass is 359 g/mol. The summed E-state index contributed by atoms with van der Waals surface area (Å²) in [6, 6.07) is -3.33. The summed E-state index contributed by atoms with van der Waals surface area (Å²) in [5.74, 6) is -3.81. The lowest BCUT2D eigenvalue weighted by molar-refractivity contribution is -0.147. The Morgan fingerprint density at radius 2 is 1.32 bits per heavy atom. The van der Waals surface area contributed by atoms with Crippen molar-refractivity contribution in [2.75, 3.05) is 0 Å². The van der Waals surface area contributed by atoms with E-state index in [4.69, 9.17) is 15.9 Å². The van der Waals surface area contributed by atoms with Gasteiger partial charge in [0, 0.05) is 0 Å². The Labute approximate surface area is 147 Å². The molecule has 0 rings (SSSR count). The highest BCUT2D eigenvalue weighted by Crippen LogP contribution is 2.08. The fourth-order valence-electron chi connectivity index (χ4n) is 2.24. The Morgan fingerprint density at radius 1 is 0.840 bits per heavy atom. The van der Waals surface area contributed by atoms with Gasteiger partial charge in [-0.3, -0.25) is 14.4 Å². The number of nitrogens with one attached hydrogen (secondary N) is 2. The van der Waals surface area contributed by atoms with Gasteiger partial charge in [-0.05, 0) is 24.7 Å². The van der Waals surface area contributed by atoms with Crippen molar-refractivity contribution in [3.8, 4) is 0 Å². The molecule has 9 nitrogen and oxygen atoms in total. The number of carboxylic acids is 2. The first-order valence-corrected chi connectivity index (χ1v) is 8.24. The zero-order chi connectivity index (χ0) is 19.7. The minimum atomic E-state index is -1.57. The zero-order valence-corrected chi connectivity index (χ0v) is 15.1. The van der Waals surface area contributed by atoms with Crippen molar-refractivity contribution in [1.82, 2.24) is 10.6 Å². The van der Waals surface area contributed by atoms with Crippen molar-refractivity contribution in [3.63, 3.8) is 0 Å². The molecule has 6 N–H and O–H groups in total. The third-order valence-electron chi connectivity index (χ3n) is 3.40. The highest BCUT2D eigenvalue weighted by atomic mass is 16.4. The highest BCUT2D eigenvalue weighted by Gasteiger charge is 2.29. The number of aliphatic carboxylic acids is 2. The summed E-state index contributed by atoms with van der Waals surface area (Å²) < 4.78 is 0. The van der Waals surface area contributed by atoms with Crippen LogP contribution in [0.4, 0.5) is 0 Å². The molecule has 144 valence electrons. The van der Waals surface area contributed by atoms with Crippen LogP contribution in [0.3, 0.4) is 0 Å². The number of hydrogen-bond acceptors (Lipinski definition) is 5. The molecule has 0 spiro atoms. The van der Waals surface area contributed by atoms with Crippen LogP contribution >= 0.6 is 0 Å². The van der Waals surface area contributed by atoms with Crippen LogP contribution in [-0.2, 0) is 19.2 Å². The maximum atomic E-state index is 12.3. The van der Waals surface area contributed by atoms with E-state index in [9.17, 15) is 19.2 Å². The van der Waals surface area contributed by atoms with Gasteiger partial charge in [0.15, 0.2) is 0 Å². The van der Waals surface area contributed by atoms with E-state index in [1.165, 1.54) is 0 Å². The second-order valence-corrected chi connectivity index (χ2v) is 6.92. The Morgan fingerprint density at radius 3 is 1.72 bits per heavy atom. The van der Waals surface area contributed by atoms with E-state index in [2.05, 4.69) is 10.6 Å². The molecule has 0 heterocycles. The number of hydrogen-bond donors (Lipinski definition) is 5. The first-order chi connectivity index (χ1) is 11.4. The topological polar surface area (TPSA) is 159 Å². The van der Waals surface area contributed by atoms with Crippen molar-refractivity contribution >= 4 is 23.8 Å². The van der Waals surface area contributed by atoms with Gasteiger partial charge in [0.1, 0.15) is 12.1 Å². The first-order valence-electron chi connectivity index (χ1n) is 8.24. The lowest BCUT2D eigenvalue weighted by Gasteiger charge is -2.24. The maximum absolute atomic E-state index is 12.3. The van der Waals surface area contributed by atoms with E-state index >= 15 is 0 Å². The highest BCUT2D eigenvalue weighted by molar-refractivity contribution is 5.92. The van der Waals surface area contributed by atoms with E-state index in [0.717, 1.165) is 0 Å². The fourth-order valence-corrected chi connectivity index (χ4v) is 2.24. The molecule has 0 bridgehead atoms. The molecule has 0 aromatic rings. The van der Waals surface area contributed by atoms with E-state index in [1.807, 2.05) is 27.7 Å². The lowest BCUT2D eigenvalue weighted by Crippen LogP contribution is -2.55. The molecule has 0 radical (unpaired) electrons. The number of nitrogens with two attached hydrogens (primary N) is 1. The van der Waals surface area contributed by atoms with Crippen LogP contribution in [-0.4, -0.2) is 52.1 Å². The van der Waals surface area contributed by atoms with E-state index < -0.39 is 48.3 Å². The summed E-state index contributed by atoms with van der Waals surface area (Å²) in [6.45, 7) is 7.50. The minimum absolute atomic E-state index is 0.0418. The van der Waals surface area contributed by atoms with Crippen LogP contribution in [0.25, 0.3) is 0 Å². The van der Waals surface area contributed by atoms with Gasteiger partial charge >= 0.3 is 11.9 Å². The summed E-state index contributed by atoms with van der Waals surface area (Å²) in [7, 11) is 0. The summed E-state index contributed by atoms with van der Waals surface area (Å²) in [4.78, 5) is 46.3. The van der Waals surface area contributed by atoms with Crippen LogP contribution in [0.5, 0.6) is 0 Å². The number of carbonyl (C=O) groups excluding carboxylic acids is 2. The first kappa shape index (κ1) is 22.8. The summed E-state index contributed by atoms with van der Waals surface area (Å²) >= 11 is 0. The standard InChI is InChI=1S/C16H29N3O6/c1-8(2)5-10(17)14(22)18-11(6-9(3)4)15(23)19-12(16(24)25)7-13(20)21/h8-12H,5-7,17H2,1-4H3,(H,18,22)(H,19,23)(H,20,21)(H,24,25). The van der Waals surface area contributed by atoms with E-state index in [0.29, 0.717) is 6.42 Å². The van der Waals surface area contributed by atoms with Gasteiger partial charge in [0.25, 0.3) is 0 Å². The maximum Gasteiger partial charge on any atom is 0.326 e. The smallest absolute Gasteiger partial charge is 0.326 e. The van der Waals surface area contributed by atoms with Crippen LogP contribution in [0.1, 0.15) is 47.0 Å². The van der Waals surface area contributed by atoms with E-state index in [1.54, 1.807) is 0 Å². The Kier molecular flexibility index (Phi) is 9.73. The molecule has 0 saturated carbocycles. The molecule has 0 aromatic heterocycles. The average molecular weight is 359 g/mol. The largest absolute Gasteiger partial charge is 0.481 e. The second-order valence-electron chi connectivity index (χ2n) is 6.92. The Bertz CT molecular complexity index is 492. The van der Waals surface area contributed by atoms with Gasteiger partial charge in [-0.25, -0.2) is 4.79 Å². The van der Waals surface area contributed by atoms with Crippen molar-refractivity contribution < 1.29 is 29.4 Å². The van der Waals surface area contributed by atoms with E-state index in [-0.39, 0.29) is 18.3 Å².